The van der Waals surface area contributed by atoms with Crippen LogP contribution >= 0.6 is 0 Å². The molecule has 0 radical (unpaired) electrons. The molecular formula is C22H20N4O. The lowest BCUT2D eigenvalue weighted by Gasteiger charge is -2.21. The Morgan fingerprint density at radius 3 is 2.37 bits per heavy atom. The van der Waals surface area contributed by atoms with E-state index in [1.165, 1.54) is 0 Å². The molecule has 0 aliphatic heterocycles. The fourth-order valence-corrected chi connectivity index (χ4v) is 3.17. The quantitative estimate of drug-likeness (QED) is 0.540. The van der Waals surface area contributed by atoms with Crippen LogP contribution in [0.3, 0.4) is 0 Å². The van der Waals surface area contributed by atoms with Gasteiger partial charge in [0.1, 0.15) is 5.52 Å². The highest BCUT2D eigenvalue weighted by Crippen LogP contribution is 2.18. The maximum absolute atomic E-state index is 12.9. The molecule has 0 bridgehead atoms. The topological polar surface area (TPSA) is 51.0 Å². The Balaban J connectivity index is 1.54. The van der Waals surface area contributed by atoms with Crippen molar-refractivity contribution in [1.29, 1.82) is 0 Å². The maximum atomic E-state index is 12.9. The van der Waals surface area contributed by atoms with E-state index in [0.717, 1.165) is 22.3 Å². The summed E-state index contributed by atoms with van der Waals surface area (Å²) < 4.78 is 1.87. The van der Waals surface area contributed by atoms with Crippen LogP contribution in [-0.2, 0) is 6.54 Å². The van der Waals surface area contributed by atoms with Crippen LogP contribution in [0.25, 0.3) is 11.0 Å². The van der Waals surface area contributed by atoms with E-state index in [4.69, 9.17) is 0 Å². The van der Waals surface area contributed by atoms with Crippen LogP contribution in [0.4, 0.5) is 5.69 Å². The third-order valence-electron chi connectivity index (χ3n) is 4.58. The van der Waals surface area contributed by atoms with Crippen molar-refractivity contribution in [2.24, 2.45) is 0 Å². The highest BCUT2D eigenvalue weighted by atomic mass is 16.2. The predicted octanol–water partition coefficient (Wildman–Crippen LogP) is 4.15. The first-order valence-corrected chi connectivity index (χ1v) is 9.00. The summed E-state index contributed by atoms with van der Waals surface area (Å²) in [6.07, 6.45) is 0. The van der Waals surface area contributed by atoms with E-state index in [1.807, 2.05) is 90.5 Å². The minimum atomic E-state index is 0.00135. The Kier molecular flexibility index (Phi) is 4.66. The average Bonchev–Trinajstić information content (AvgIpc) is 3.13. The van der Waals surface area contributed by atoms with Crippen LogP contribution in [-0.4, -0.2) is 27.4 Å². The maximum Gasteiger partial charge on any atom is 0.258 e. The van der Waals surface area contributed by atoms with Gasteiger partial charge in [0, 0.05) is 17.8 Å². The first-order chi connectivity index (χ1) is 13.3. The van der Waals surface area contributed by atoms with Crippen LogP contribution < -0.4 is 4.90 Å². The van der Waals surface area contributed by atoms with Crippen molar-refractivity contribution >= 4 is 22.6 Å². The van der Waals surface area contributed by atoms with Crippen LogP contribution in [0.15, 0.2) is 78.9 Å². The van der Waals surface area contributed by atoms with Gasteiger partial charge in [0.05, 0.1) is 12.1 Å². The molecule has 0 fully saturated rings. The lowest BCUT2D eigenvalue weighted by molar-refractivity contribution is 0.0988. The minimum absolute atomic E-state index is 0.00135. The number of hydrogen-bond acceptors (Lipinski definition) is 3. The molecule has 3 aromatic carbocycles. The van der Waals surface area contributed by atoms with Gasteiger partial charge in [-0.1, -0.05) is 47.7 Å². The minimum Gasteiger partial charge on any atom is -0.309 e. The summed E-state index contributed by atoms with van der Waals surface area (Å²) >= 11 is 0. The molecule has 1 amide bonds. The number of nitrogens with zero attached hydrogens (tertiary/aromatic N) is 4. The monoisotopic (exact) mass is 356 g/mol. The standard InChI is InChI=1S/C22H20N4O/c1-2-25(19-8-4-3-5-9-19)22(27)18-14-12-17(13-15-18)16-26-21-11-7-6-10-20(21)23-24-26/h3-15H,2,16H2,1H3. The molecule has 0 N–H and O–H groups in total. The molecule has 1 aromatic heterocycles. The molecule has 0 spiro atoms. The fraction of sp³-hybridized carbons (Fsp3) is 0.136. The molecule has 0 aliphatic rings. The van der Waals surface area contributed by atoms with Crippen molar-refractivity contribution in [1.82, 2.24) is 15.0 Å². The Labute approximate surface area is 157 Å². The van der Waals surface area contributed by atoms with Gasteiger partial charge in [-0.3, -0.25) is 4.79 Å². The Morgan fingerprint density at radius 1 is 0.926 bits per heavy atom. The first-order valence-electron chi connectivity index (χ1n) is 9.00. The van der Waals surface area contributed by atoms with E-state index < -0.39 is 0 Å². The summed E-state index contributed by atoms with van der Waals surface area (Å²) in [5.74, 6) is 0.00135. The van der Waals surface area contributed by atoms with Crippen molar-refractivity contribution in [2.45, 2.75) is 13.5 Å². The fourth-order valence-electron chi connectivity index (χ4n) is 3.17. The summed E-state index contributed by atoms with van der Waals surface area (Å²) in [5, 5.41) is 8.40. The lowest BCUT2D eigenvalue weighted by atomic mass is 10.1. The molecular weight excluding hydrogens is 336 g/mol. The van der Waals surface area contributed by atoms with Gasteiger partial charge in [0.2, 0.25) is 0 Å². The van der Waals surface area contributed by atoms with Crippen LogP contribution in [0.1, 0.15) is 22.8 Å². The van der Waals surface area contributed by atoms with Gasteiger partial charge in [0.25, 0.3) is 5.91 Å². The van der Waals surface area contributed by atoms with Crippen molar-refractivity contribution in [3.63, 3.8) is 0 Å². The largest absolute Gasteiger partial charge is 0.309 e. The molecule has 5 nitrogen and oxygen atoms in total. The highest BCUT2D eigenvalue weighted by molar-refractivity contribution is 6.06. The number of para-hydroxylation sites is 2. The second-order valence-corrected chi connectivity index (χ2v) is 6.32. The van der Waals surface area contributed by atoms with E-state index in [1.54, 1.807) is 4.90 Å². The van der Waals surface area contributed by atoms with Crippen molar-refractivity contribution < 1.29 is 4.79 Å². The number of hydrogen-bond donors (Lipinski definition) is 0. The predicted molar refractivity (Wildman–Crippen MR) is 107 cm³/mol. The third kappa shape index (κ3) is 3.44. The number of rotatable bonds is 5. The summed E-state index contributed by atoms with van der Waals surface area (Å²) in [4.78, 5) is 14.7. The van der Waals surface area contributed by atoms with E-state index >= 15 is 0 Å². The number of amides is 1. The number of carbonyl (C=O) groups is 1. The average molecular weight is 356 g/mol. The number of fused-ring (bicyclic) bond motifs is 1. The summed E-state index contributed by atoms with van der Waals surface area (Å²) in [6, 6.07) is 25.3. The normalized spacial score (nSPS) is 10.9. The van der Waals surface area contributed by atoms with E-state index in [2.05, 4.69) is 10.3 Å². The van der Waals surface area contributed by atoms with Crippen molar-refractivity contribution in [3.8, 4) is 0 Å². The van der Waals surface area contributed by atoms with Crippen molar-refractivity contribution in [2.75, 3.05) is 11.4 Å². The van der Waals surface area contributed by atoms with Crippen LogP contribution in [0.2, 0.25) is 0 Å². The summed E-state index contributed by atoms with van der Waals surface area (Å²) in [6.45, 7) is 3.22. The molecule has 4 aromatic rings. The Morgan fingerprint density at radius 2 is 1.63 bits per heavy atom. The van der Waals surface area contributed by atoms with E-state index in [-0.39, 0.29) is 5.91 Å². The summed E-state index contributed by atoms with van der Waals surface area (Å²) in [7, 11) is 0. The number of anilines is 1. The second-order valence-electron chi connectivity index (χ2n) is 6.32. The Bertz CT molecular complexity index is 1050. The van der Waals surface area contributed by atoms with Gasteiger partial charge in [-0.15, -0.1) is 5.10 Å². The first kappa shape index (κ1) is 17.0. The molecule has 0 unspecified atom stereocenters. The van der Waals surface area contributed by atoms with Gasteiger partial charge in [-0.05, 0) is 48.9 Å². The van der Waals surface area contributed by atoms with Gasteiger partial charge in [-0.2, -0.15) is 0 Å². The highest BCUT2D eigenvalue weighted by Gasteiger charge is 2.15. The number of aromatic nitrogens is 3. The van der Waals surface area contributed by atoms with Crippen molar-refractivity contribution in [3.05, 3.63) is 90.0 Å². The second kappa shape index (κ2) is 7.41. The molecule has 4 rings (SSSR count). The molecule has 1 heterocycles. The molecule has 0 saturated heterocycles. The van der Waals surface area contributed by atoms with Gasteiger partial charge >= 0.3 is 0 Å². The zero-order chi connectivity index (χ0) is 18.6. The van der Waals surface area contributed by atoms with Gasteiger partial charge < -0.3 is 4.90 Å². The molecule has 0 atom stereocenters. The van der Waals surface area contributed by atoms with Crippen LogP contribution in [0.5, 0.6) is 0 Å². The van der Waals surface area contributed by atoms with Gasteiger partial charge in [0.15, 0.2) is 0 Å². The SMILES string of the molecule is CCN(C(=O)c1ccc(Cn2nnc3ccccc32)cc1)c1ccccc1. The molecule has 0 saturated carbocycles. The summed E-state index contributed by atoms with van der Waals surface area (Å²) in [5.41, 5.74) is 4.53. The smallest absolute Gasteiger partial charge is 0.258 e. The third-order valence-corrected chi connectivity index (χ3v) is 4.58. The zero-order valence-electron chi connectivity index (χ0n) is 15.1. The Hall–Kier alpha value is -3.47. The van der Waals surface area contributed by atoms with Gasteiger partial charge in [-0.25, -0.2) is 4.68 Å². The molecule has 134 valence electrons. The van der Waals surface area contributed by atoms with Crippen LogP contribution in [0, 0.1) is 0 Å². The lowest BCUT2D eigenvalue weighted by Crippen LogP contribution is -2.30. The molecule has 27 heavy (non-hydrogen) atoms. The zero-order valence-corrected chi connectivity index (χ0v) is 15.1. The molecule has 5 heteroatoms. The van der Waals surface area contributed by atoms with E-state index in [9.17, 15) is 4.79 Å². The van der Waals surface area contributed by atoms with E-state index in [0.29, 0.717) is 18.7 Å². The number of benzene rings is 3. The number of carbonyl (C=O) groups excluding carboxylic acids is 1. The molecule has 0 aliphatic carbocycles.